The fourth-order valence-electron chi connectivity index (χ4n) is 1.70. The maximum atomic E-state index is 13.4. The van der Waals surface area contributed by atoms with E-state index in [9.17, 15) is 13.6 Å². The standard InChI is InChI=1S/C14H11BrF2N2O/c15-9-4-5-12(11(18)7-9)19-13(20)6-8-2-1-3-10(16)14(8)17/h1-5,7H,6,18H2,(H,19,20). The third kappa shape index (κ3) is 3.33. The molecule has 2 rings (SSSR count). The van der Waals surface area contributed by atoms with Crippen molar-refractivity contribution in [1.82, 2.24) is 0 Å². The Labute approximate surface area is 122 Å². The number of amides is 1. The van der Waals surface area contributed by atoms with Gasteiger partial charge in [0.05, 0.1) is 17.8 Å². The van der Waals surface area contributed by atoms with Crippen molar-refractivity contribution in [2.24, 2.45) is 0 Å². The highest BCUT2D eigenvalue weighted by molar-refractivity contribution is 9.10. The summed E-state index contributed by atoms with van der Waals surface area (Å²) < 4.78 is 27.3. The third-order valence-electron chi connectivity index (χ3n) is 2.67. The first-order chi connectivity index (χ1) is 9.47. The van der Waals surface area contributed by atoms with Crippen LogP contribution in [0, 0.1) is 11.6 Å². The molecular weight excluding hydrogens is 330 g/mol. The molecular formula is C14H11BrF2N2O. The minimum atomic E-state index is -1.01. The Morgan fingerprint density at radius 1 is 1.25 bits per heavy atom. The summed E-state index contributed by atoms with van der Waals surface area (Å²) in [5, 5.41) is 2.56. The Balaban J connectivity index is 2.11. The minimum absolute atomic E-state index is 0.00168. The van der Waals surface area contributed by atoms with E-state index >= 15 is 0 Å². The van der Waals surface area contributed by atoms with Crippen molar-refractivity contribution >= 4 is 33.2 Å². The molecule has 0 radical (unpaired) electrons. The zero-order valence-corrected chi connectivity index (χ0v) is 11.9. The number of rotatable bonds is 3. The van der Waals surface area contributed by atoms with E-state index in [-0.39, 0.29) is 12.0 Å². The van der Waals surface area contributed by atoms with Gasteiger partial charge in [0.15, 0.2) is 11.6 Å². The lowest BCUT2D eigenvalue weighted by Gasteiger charge is -2.09. The maximum Gasteiger partial charge on any atom is 0.228 e. The Hall–Kier alpha value is -1.95. The van der Waals surface area contributed by atoms with Gasteiger partial charge in [-0.25, -0.2) is 8.78 Å². The van der Waals surface area contributed by atoms with Crippen molar-refractivity contribution in [2.75, 3.05) is 11.1 Å². The molecule has 1 amide bonds. The van der Waals surface area contributed by atoms with E-state index < -0.39 is 17.5 Å². The molecule has 0 aromatic heterocycles. The maximum absolute atomic E-state index is 13.4. The SMILES string of the molecule is Nc1cc(Br)ccc1NC(=O)Cc1cccc(F)c1F. The lowest BCUT2D eigenvalue weighted by molar-refractivity contribution is -0.115. The van der Waals surface area contributed by atoms with Gasteiger partial charge in [-0.1, -0.05) is 28.1 Å². The largest absolute Gasteiger partial charge is 0.397 e. The Morgan fingerprint density at radius 3 is 2.70 bits per heavy atom. The summed E-state index contributed by atoms with van der Waals surface area (Å²) in [6.07, 6.45) is -0.265. The Bertz CT molecular complexity index is 662. The van der Waals surface area contributed by atoms with Crippen LogP contribution in [0.5, 0.6) is 0 Å². The molecule has 0 unspecified atom stereocenters. The molecule has 0 bridgehead atoms. The normalized spacial score (nSPS) is 10.3. The molecule has 2 aromatic rings. The molecule has 0 atom stereocenters. The van der Waals surface area contributed by atoms with E-state index in [1.54, 1.807) is 18.2 Å². The summed E-state index contributed by atoms with van der Waals surface area (Å²) in [6.45, 7) is 0. The van der Waals surface area contributed by atoms with E-state index in [0.29, 0.717) is 11.4 Å². The molecule has 3 nitrogen and oxygen atoms in total. The second kappa shape index (κ2) is 6.00. The second-order valence-electron chi connectivity index (χ2n) is 4.17. The van der Waals surface area contributed by atoms with Gasteiger partial charge in [0.1, 0.15) is 0 Å². The number of carbonyl (C=O) groups excluding carboxylic acids is 1. The van der Waals surface area contributed by atoms with Gasteiger partial charge in [-0.15, -0.1) is 0 Å². The molecule has 0 aliphatic rings. The van der Waals surface area contributed by atoms with Gasteiger partial charge < -0.3 is 11.1 Å². The Morgan fingerprint density at radius 2 is 2.00 bits per heavy atom. The molecule has 0 heterocycles. The monoisotopic (exact) mass is 340 g/mol. The lowest BCUT2D eigenvalue weighted by Crippen LogP contribution is -2.16. The van der Waals surface area contributed by atoms with Crippen LogP contribution in [0.2, 0.25) is 0 Å². The zero-order chi connectivity index (χ0) is 14.7. The molecule has 3 N–H and O–H groups in total. The van der Waals surface area contributed by atoms with Crippen LogP contribution >= 0.6 is 15.9 Å². The van der Waals surface area contributed by atoms with Crippen molar-refractivity contribution in [3.63, 3.8) is 0 Å². The smallest absolute Gasteiger partial charge is 0.228 e. The van der Waals surface area contributed by atoms with Crippen LogP contribution in [0.3, 0.4) is 0 Å². The van der Waals surface area contributed by atoms with Crippen molar-refractivity contribution < 1.29 is 13.6 Å². The zero-order valence-electron chi connectivity index (χ0n) is 10.3. The van der Waals surface area contributed by atoms with Crippen LogP contribution in [-0.2, 0) is 11.2 Å². The topological polar surface area (TPSA) is 55.1 Å². The van der Waals surface area contributed by atoms with Gasteiger partial charge in [0.2, 0.25) is 5.91 Å². The number of halogens is 3. The van der Waals surface area contributed by atoms with Crippen LogP contribution in [0.1, 0.15) is 5.56 Å². The van der Waals surface area contributed by atoms with Crippen LogP contribution in [0.4, 0.5) is 20.2 Å². The molecule has 0 aliphatic carbocycles. The van der Waals surface area contributed by atoms with Crippen molar-refractivity contribution in [3.8, 4) is 0 Å². The fraction of sp³-hybridized carbons (Fsp3) is 0.0714. The molecule has 20 heavy (non-hydrogen) atoms. The van der Waals surface area contributed by atoms with Gasteiger partial charge >= 0.3 is 0 Å². The first-order valence-electron chi connectivity index (χ1n) is 5.75. The fourth-order valence-corrected chi connectivity index (χ4v) is 2.08. The summed E-state index contributed by atoms with van der Waals surface area (Å²) in [7, 11) is 0. The average molecular weight is 341 g/mol. The molecule has 0 aliphatic heterocycles. The van der Waals surface area contributed by atoms with Gasteiger partial charge in [-0.3, -0.25) is 4.79 Å². The molecule has 2 aromatic carbocycles. The summed E-state index contributed by atoms with van der Waals surface area (Å²) in [6, 6.07) is 8.70. The number of nitrogens with one attached hydrogen (secondary N) is 1. The van der Waals surface area contributed by atoms with E-state index in [4.69, 9.17) is 5.73 Å². The van der Waals surface area contributed by atoms with Gasteiger partial charge in [0, 0.05) is 10.0 Å². The van der Waals surface area contributed by atoms with Crippen molar-refractivity contribution in [2.45, 2.75) is 6.42 Å². The predicted molar refractivity (Wildman–Crippen MR) is 77.2 cm³/mol. The molecule has 104 valence electrons. The average Bonchev–Trinajstić information content (AvgIpc) is 2.38. The van der Waals surface area contributed by atoms with Crippen LogP contribution in [0.25, 0.3) is 0 Å². The quantitative estimate of drug-likeness (QED) is 0.840. The van der Waals surface area contributed by atoms with Crippen LogP contribution in [-0.4, -0.2) is 5.91 Å². The lowest BCUT2D eigenvalue weighted by atomic mass is 10.1. The Kier molecular flexibility index (Phi) is 4.34. The van der Waals surface area contributed by atoms with Crippen LogP contribution in [0.15, 0.2) is 40.9 Å². The molecule has 0 saturated carbocycles. The summed E-state index contributed by atoms with van der Waals surface area (Å²) in [5.74, 6) is -2.45. The third-order valence-corrected chi connectivity index (χ3v) is 3.16. The number of hydrogen-bond acceptors (Lipinski definition) is 2. The number of carbonyl (C=O) groups is 1. The number of nitrogens with two attached hydrogens (primary N) is 1. The first kappa shape index (κ1) is 14.5. The number of nitrogen functional groups attached to an aromatic ring is 1. The van der Waals surface area contributed by atoms with E-state index in [1.807, 2.05) is 0 Å². The number of benzene rings is 2. The van der Waals surface area contributed by atoms with Crippen LogP contribution < -0.4 is 11.1 Å². The molecule has 0 fully saturated rings. The predicted octanol–water partition coefficient (Wildman–Crippen LogP) is 3.49. The highest BCUT2D eigenvalue weighted by Gasteiger charge is 2.12. The van der Waals surface area contributed by atoms with E-state index in [0.717, 1.165) is 10.5 Å². The number of hydrogen-bond donors (Lipinski definition) is 2. The van der Waals surface area contributed by atoms with Crippen molar-refractivity contribution in [1.29, 1.82) is 0 Å². The highest BCUT2D eigenvalue weighted by atomic mass is 79.9. The molecule has 0 spiro atoms. The van der Waals surface area contributed by atoms with E-state index in [1.165, 1.54) is 12.1 Å². The second-order valence-corrected chi connectivity index (χ2v) is 5.09. The van der Waals surface area contributed by atoms with Gasteiger partial charge in [0.25, 0.3) is 0 Å². The number of anilines is 2. The first-order valence-corrected chi connectivity index (χ1v) is 6.54. The summed E-state index contributed by atoms with van der Waals surface area (Å²) >= 11 is 3.25. The molecule has 0 saturated heterocycles. The van der Waals surface area contributed by atoms with Gasteiger partial charge in [-0.05, 0) is 24.3 Å². The summed E-state index contributed by atoms with van der Waals surface area (Å²) in [5.41, 5.74) is 6.54. The minimum Gasteiger partial charge on any atom is -0.397 e. The summed E-state index contributed by atoms with van der Waals surface area (Å²) in [4.78, 5) is 11.8. The highest BCUT2D eigenvalue weighted by Crippen LogP contribution is 2.23. The molecule has 6 heteroatoms. The van der Waals surface area contributed by atoms with E-state index in [2.05, 4.69) is 21.2 Å². The van der Waals surface area contributed by atoms with Gasteiger partial charge in [-0.2, -0.15) is 0 Å². The van der Waals surface area contributed by atoms with Crippen molar-refractivity contribution in [3.05, 3.63) is 58.1 Å².